The summed E-state index contributed by atoms with van der Waals surface area (Å²) in [4.78, 5) is 0. The number of aryl methyl sites for hydroxylation is 1. The molecule has 2 heterocycles. The first-order valence-electron chi connectivity index (χ1n) is 4.31. The highest BCUT2D eigenvalue weighted by atomic mass is 15.3. The van der Waals surface area contributed by atoms with Gasteiger partial charge in [-0.1, -0.05) is 13.8 Å². The number of aromatic nitrogens is 2. The predicted octanol–water partition coefficient (Wildman–Crippen LogP) is 2.03. The van der Waals surface area contributed by atoms with Crippen LogP contribution < -0.4 is 0 Å². The minimum absolute atomic E-state index is 0.653. The standard InChI is InChI=1S/C9H14N2/c1-7(2)9-4-3-8-5-6-10-11(8)9/h5-7,9H,3-4H2,1-2H3/t9-/m0/s1. The normalized spacial score (nSPS) is 22.6. The predicted molar refractivity (Wildman–Crippen MR) is 44.4 cm³/mol. The topological polar surface area (TPSA) is 17.8 Å². The molecule has 1 aliphatic rings. The van der Waals surface area contributed by atoms with Gasteiger partial charge in [-0.15, -0.1) is 0 Å². The van der Waals surface area contributed by atoms with Crippen LogP contribution in [0.15, 0.2) is 12.3 Å². The Hall–Kier alpha value is -0.790. The van der Waals surface area contributed by atoms with Crippen molar-refractivity contribution in [3.8, 4) is 0 Å². The number of nitrogens with zero attached hydrogens (tertiary/aromatic N) is 2. The first-order chi connectivity index (χ1) is 5.29. The molecular formula is C9H14N2. The van der Waals surface area contributed by atoms with Crippen LogP contribution in [0.4, 0.5) is 0 Å². The van der Waals surface area contributed by atoms with Crippen LogP contribution in [0.25, 0.3) is 0 Å². The van der Waals surface area contributed by atoms with Crippen molar-refractivity contribution in [3.05, 3.63) is 18.0 Å². The van der Waals surface area contributed by atoms with Crippen LogP contribution in [-0.4, -0.2) is 9.78 Å². The Morgan fingerprint density at radius 3 is 3.18 bits per heavy atom. The third-order valence-electron chi connectivity index (χ3n) is 2.53. The van der Waals surface area contributed by atoms with Crippen molar-refractivity contribution in [2.75, 3.05) is 0 Å². The molecule has 60 valence electrons. The lowest BCUT2D eigenvalue weighted by molar-refractivity contribution is 0.363. The van der Waals surface area contributed by atoms with E-state index in [1.807, 2.05) is 6.20 Å². The van der Waals surface area contributed by atoms with Gasteiger partial charge in [0.25, 0.3) is 0 Å². The van der Waals surface area contributed by atoms with E-state index >= 15 is 0 Å². The summed E-state index contributed by atoms with van der Waals surface area (Å²) in [5, 5.41) is 4.32. The van der Waals surface area contributed by atoms with E-state index < -0.39 is 0 Å². The maximum Gasteiger partial charge on any atom is 0.0549 e. The molecule has 1 aromatic heterocycles. The van der Waals surface area contributed by atoms with E-state index in [0.29, 0.717) is 6.04 Å². The van der Waals surface area contributed by atoms with Crippen molar-refractivity contribution in [1.82, 2.24) is 9.78 Å². The summed E-state index contributed by atoms with van der Waals surface area (Å²) in [5.41, 5.74) is 1.41. The largest absolute Gasteiger partial charge is 0.266 e. The second-order valence-electron chi connectivity index (χ2n) is 3.62. The monoisotopic (exact) mass is 150 g/mol. The lowest BCUT2D eigenvalue weighted by atomic mass is 10.0. The average Bonchev–Trinajstić information content (AvgIpc) is 2.41. The number of fused-ring (bicyclic) bond motifs is 1. The molecule has 0 bridgehead atoms. The fraction of sp³-hybridized carbons (Fsp3) is 0.667. The van der Waals surface area contributed by atoms with E-state index in [4.69, 9.17) is 0 Å². The summed E-state index contributed by atoms with van der Waals surface area (Å²) >= 11 is 0. The van der Waals surface area contributed by atoms with Crippen molar-refractivity contribution in [2.24, 2.45) is 5.92 Å². The van der Waals surface area contributed by atoms with Crippen LogP contribution in [0, 0.1) is 5.92 Å². The molecule has 2 heteroatoms. The van der Waals surface area contributed by atoms with Gasteiger partial charge < -0.3 is 0 Å². The molecule has 11 heavy (non-hydrogen) atoms. The molecule has 0 unspecified atom stereocenters. The summed E-state index contributed by atoms with van der Waals surface area (Å²) < 4.78 is 2.19. The molecule has 0 spiro atoms. The van der Waals surface area contributed by atoms with Crippen molar-refractivity contribution < 1.29 is 0 Å². The van der Waals surface area contributed by atoms with Crippen LogP contribution >= 0.6 is 0 Å². The maximum absolute atomic E-state index is 4.32. The highest BCUT2D eigenvalue weighted by Gasteiger charge is 2.24. The van der Waals surface area contributed by atoms with Gasteiger partial charge in [0.05, 0.1) is 6.04 Å². The minimum atomic E-state index is 0.653. The Balaban J connectivity index is 2.31. The molecule has 2 nitrogen and oxygen atoms in total. The van der Waals surface area contributed by atoms with Crippen molar-refractivity contribution in [1.29, 1.82) is 0 Å². The van der Waals surface area contributed by atoms with Gasteiger partial charge in [0.1, 0.15) is 0 Å². The Kier molecular flexibility index (Phi) is 1.48. The zero-order valence-electron chi connectivity index (χ0n) is 7.12. The van der Waals surface area contributed by atoms with E-state index in [1.165, 1.54) is 18.5 Å². The Morgan fingerprint density at radius 1 is 1.64 bits per heavy atom. The maximum atomic E-state index is 4.32. The molecular weight excluding hydrogens is 136 g/mol. The Morgan fingerprint density at radius 2 is 2.45 bits per heavy atom. The van der Waals surface area contributed by atoms with Gasteiger partial charge in [0.15, 0.2) is 0 Å². The number of rotatable bonds is 1. The van der Waals surface area contributed by atoms with Gasteiger partial charge in [0, 0.05) is 11.9 Å². The van der Waals surface area contributed by atoms with Crippen molar-refractivity contribution >= 4 is 0 Å². The summed E-state index contributed by atoms with van der Waals surface area (Å²) in [6.45, 7) is 4.53. The quantitative estimate of drug-likeness (QED) is 0.599. The first kappa shape index (κ1) is 6.89. The molecule has 0 N–H and O–H groups in total. The molecule has 0 fully saturated rings. The van der Waals surface area contributed by atoms with E-state index in [9.17, 15) is 0 Å². The minimum Gasteiger partial charge on any atom is -0.266 e. The molecule has 2 rings (SSSR count). The van der Waals surface area contributed by atoms with E-state index in [1.54, 1.807) is 0 Å². The highest BCUT2D eigenvalue weighted by Crippen LogP contribution is 2.30. The van der Waals surface area contributed by atoms with Crippen LogP contribution in [0.2, 0.25) is 0 Å². The molecule has 1 aromatic rings. The lowest BCUT2D eigenvalue weighted by Gasteiger charge is -2.15. The molecule has 0 aliphatic carbocycles. The molecule has 0 aromatic carbocycles. The number of hydrogen-bond acceptors (Lipinski definition) is 1. The zero-order valence-corrected chi connectivity index (χ0v) is 7.12. The third kappa shape index (κ3) is 0.971. The lowest BCUT2D eigenvalue weighted by Crippen LogP contribution is -2.11. The SMILES string of the molecule is CC(C)[C@@H]1CCc2ccnn21. The van der Waals surface area contributed by atoms with Crippen LogP contribution in [0.1, 0.15) is 32.0 Å². The molecule has 1 atom stereocenters. The second kappa shape index (κ2) is 2.36. The van der Waals surface area contributed by atoms with Gasteiger partial charge in [-0.3, -0.25) is 4.68 Å². The summed E-state index contributed by atoms with van der Waals surface area (Å²) in [7, 11) is 0. The number of hydrogen-bond donors (Lipinski definition) is 0. The molecule has 0 saturated heterocycles. The Bertz CT molecular complexity index is 250. The van der Waals surface area contributed by atoms with Gasteiger partial charge >= 0.3 is 0 Å². The third-order valence-corrected chi connectivity index (χ3v) is 2.53. The van der Waals surface area contributed by atoms with Crippen LogP contribution in [-0.2, 0) is 6.42 Å². The first-order valence-corrected chi connectivity index (χ1v) is 4.31. The summed E-state index contributed by atoms with van der Waals surface area (Å²) in [5.74, 6) is 0.719. The molecule has 1 aliphatic heterocycles. The smallest absolute Gasteiger partial charge is 0.0549 e. The second-order valence-corrected chi connectivity index (χ2v) is 3.62. The molecule has 0 saturated carbocycles. The summed E-state index contributed by atoms with van der Waals surface area (Å²) in [6.07, 6.45) is 4.40. The molecule has 0 radical (unpaired) electrons. The van der Waals surface area contributed by atoms with E-state index in [0.717, 1.165) is 5.92 Å². The van der Waals surface area contributed by atoms with Crippen LogP contribution in [0.5, 0.6) is 0 Å². The van der Waals surface area contributed by atoms with Gasteiger partial charge in [0.2, 0.25) is 0 Å². The Labute approximate surface area is 67.2 Å². The van der Waals surface area contributed by atoms with Gasteiger partial charge in [-0.2, -0.15) is 5.10 Å². The van der Waals surface area contributed by atoms with Crippen LogP contribution in [0.3, 0.4) is 0 Å². The molecule has 0 amide bonds. The highest BCUT2D eigenvalue weighted by molar-refractivity contribution is 5.07. The van der Waals surface area contributed by atoms with E-state index in [-0.39, 0.29) is 0 Å². The average molecular weight is 150 g/mol. The van der Waals surface area contributed by atoms with Gasteiger partial charge in [-0.25, -0.2) is 0 Å². The van der Waals surface area contributed by atoms with Gasteiger partial charge in [-0.05, 0) is 24.8 Å². The zero-order chi connectivity index (χ0) is 7.84. The fourth-order valence-electron chi connectivity index (χ4n) is 1.87. The summed E-state index contributed by atoms with van der Waals surface area (Å²) in [6, 6.07) is 2.78. The van der Waals surface area contributed by atoms with Crippen molar-refractivity contribution in [2.45, 2.75) is 32.7 Å². The fourth-order valence-corrected chi connectivity index (χ4v) is 1.87. The van der Waals surface area contributed by atoms with E-state index in [2.05, 4.69) is 29.7 Å². The van der Waals surface area contributed by atoms with Crippen molar-refractivity contribution in [3.63, 3.8) is 0 Å².